The molecule has 1 fully saturated rings. The van der Waals surface area contributed by atoms with Crippen molar-refractivity contribution in [2.24, 2.45) is 0 Å². The molecule has 224 valence electrons. The first-order valence-electron chi connectivity index (χ1n) is 15.5. The lowest BCUT2D eigenvalue weighted by Crippen LogP contribution is -2.39. The number of aliphatic hydroxyl groups excluding tert-OH is 1. The fraction of sp³-hybridized carbons (Fsp3) is 0.351. The second-order valence-electron chi connectivity index (χ2n) is 11.0. The number of hydrogen-bond donors (Lipinski definition) is 2. The number of rotatable bonds is 9. The van der Waals surface area contributed by atoms with Gasteiger partial charge in [-0.05, 0) is 77.8 Å². The SMILES string of the molecule is CC.COc1ccc([C@@H](c2ccccc2)C(C(=O)N[C@H]2c3ccccc3C[C@H]2O)c2ccncc2)cc1OC1CCCC1. The van der Waals surface area contributed by atoms with Crippen molar-refractivity contribution in [2.75, 3.05) is 7.11 Å². The lowest BCUT2D eigenvalue weighted by molar-refractivity contribution is -0.124. The largest absolute Gasteiger partial charge is 0.493 e. The monoisotopic (exact) mass is 578 g/mol. The zero-order valence-electron chi connectivity index (χ0n) is 25.3. The van der Waals surface area contributed by atoms with Crippen molar-refractivity contribution < 1.29 is 19.4 Å². The molecule has 4 atom stereocenters. The van der Waals surface area contributed by atoms with Crippen LogP contribution in [-0.4, -0.2) is 35.3 Å². The molecule has 1 heterocycles. The molecule has 6 rings (SSSR count). The zero-order chi connectivity index (χ0) is 30.2. The summed E-state index contributed by atoms with van der Waals surface area (Å²) in [7, 11) is 1.66. The van der Waals surface area contributed by atoms with Gasteiger partial charge in [-0.25, -0.2) is 0 Å². The Morgan fingerprint density at radius 1 is 0.860 bits per heavy atom. The lowest BCUT2D eigenvalue weighted by atomic mass is 9.76. The van der Waals surface area contributed by atoms with Crippen LogP contribution in [0.5, 0.6) is 11.5 Å². The van der Waals surface area contributed by atoms with Gasteiger partial charge in [0.05, 0.1) is 31.3 Å². The van der Waals surface area contributed by atoms with Gasteiger partial charge in [-0.2, -0.15) is 0 Å². The highest BCUT2D eigenvalue weighted by Crippen LogP contribution is 2.43. The molecular formula is C37H42N2O4. The zero-order valence-corrected chi connectivity index (χ0v) is 25.3. The summed E-state index contributed by atoms with van der Waals surface area (Å²) in [5.74, 6) is 0.312. The van der Waals surface area contributed by atoms with E-state index in [1.165, 1.54) is 12.8 Å². The Hall–Kier alpha value is -4.16. The number of carbonyl (C=O) groups is 1. The van der Waals surface area contributed by atoms with Crippen molar-refractivity contribution in [3.05, 3.63) is 125 Å². The maximum absolute atomic E-state index is 14.4. The summed E-state index contributed by atoms with van der Waals surface area (Å²) >= 11 is 0. The molecule has 0 radical (unpaired) electrons. The third kappa shape index (κ3) is 6.75. The quantitative estimate of drug-likeness (QED) is 0.221. The van der Waals surface area contributed by atoms with Gasteiger partial charge in [-0.15, -0.1) is 0 Å². The Balaban J connectivity index is 0.00000180. The van der Waals surface area contributed by atoms with E-state index < -0.39 is 18.1 Å². The van der Waals surface area contributed by atoms with E-state index in [1.54, 1.807) is 19.5 Å². The Kier molecular flexibility index (Phi) is 10.1. The molecule has 1 unspecified atom stereocenters. The van der Waals surface area contributed by atoms with Crippen LogP contribution in [0.4, 0.5) is 0 Å². The summed E-state index contributed by atoms with van der Waals surface area (Å²) in [4.78, 5) is 18.7. The van der Waals surface area contributed by atoms with E-state index in [4.69, 9.17) is 9.47 Å². The minimum Gasteiger partial charge on any atom is -0.493 e. The van der Waals surface area contributed by atoms with Crippen molar-refractivity contribution >= 4 is 5.91 Å². The first-order chi connectivity index (χ1) is 21.1. The molecule has 1 saturated carbocycles. The van der Waals surface area contributed by atoms with Crippen molar-refractivity contribution in [3.63, 3.8) is 0 Å². The molecule has 2 aliphatic carbocycles. The molecular weight excluding hydrogens is 536 g/mol. The minimum atomic E-state index is -0.683. The van der Waals surface area contributed by atoms with Crippen LogP contribution in [-0.2, 0) is 11.2 Å². The van der Waals surface area contributed by atoms with Gasteiger partial charge in [0, 0.05) is 24.7 Å². The van der Waals surface area contributed by atoms with Gasteiger partial charge in [0.1, 0.15) is 0 Å². The van der Waals surface area contributed by atoms with Gasteiger partial charge in [0.2, 0.25) is 5.91 Å². The third-order valence-corrected chi connectivity index (χ3v) is 8.48. The number of carbonyl (C=O) groups excluding carboxylic acids is 1. The average Bonchev–Trinajstić information content (AvgIpc) is 3.68. The lowest BCUT2D eigenvalue weighted by Gasteiger charge is -2.30. The van der Waals surface area contributed by atoms with Crippen molar-refractivity contribution in [1.82, 2.24) is 10.3 Å². The molecule has 3 aromatic carbocycles. The number of pyridine rings is 1. The van der Waals surface area contributed by atoms with Crippen molar-refractivity contribution in [1.29, 1.82) is 0 Å². The van der Waals surface area contributed by atoms with Gasteiger partial charge in [0.15, 0.2) is 11.5 Å². The number of methoxy groups -OCH3 is 1. The van der Waals surface area contributed by atoms with Crippen LogP contribution in [0, 0.1) is 0 Å². The molecule has 4 aromatic rings. The van der Waals surface area contributed by atoms with Crippen LogP contribution in [0.15, 0.2) is 97.3 Å². The van der Waals surface area contributed by atoms with E-state index in [0.717, 1.165) is 40.7 Å². The molecule has 2 aliphatic rings. The van der Waals surface area contributed by atoms with Crippen LogP contribution in [0.3, 0.4) is 0 Å². The number of hydrogen-bond acceptors (Lipinski definition) is 5. The van der Waals surface area contributed by atoms with Gasteiger partial charge in [0.25, 0.3) is 0 Å². The Bertz CT molecular complexity index is 1470. The van der Waals surface area contributed by atoms with E-state index in [-0.39, 0.29) is 17.9 Å². The van der Waals surface area contributed by atoms with Crippen LogP contribution >= 0.6 is 0 Å². The summed E-state index contributed by atoms with van der Waals surface area (Å²) in [5, 5.41) is 14.2. The molecule has 0 bridgehead atoms. The molecule has 1 aromatic heterocycles. The summed E-state index contributed by atoms with van der Waals surface area (Å²) in [6.07, 6.45) is 7.84. The second kappa shape index (κ2) is 14.3. The smallest absolute Gasteiger partial charge is 0.229 e. The Morgan fingerprint density at radius 2 is 1.56 bits per heavy atom. The molecule has 43 heavy (non-hydrogen) atoms. The number of nitrogens with zero attached hydrogens (tertiary/aromatic N) is 1. The third-order valence-electron chi connectivity index (χ3n) is 8.48. The van der Waals surface area contributed by atoms with Crippen molar-refractivity contribution in [2.45, 2.75) is 76.0 Å². The second-order valence-corrected chi connectivity index (χ2v) is 11.0. The maximum Gasteiger partial charge on any atom is 0.229 e. The van der Waals surface area contributed by atoms with Crippen LogP contribution in [0.1, 0.15) is 85.2 Å². The number of nitrogens with one attached hydrogen (secondary N) is 1. The predicted molar refractivity (Wildman–Crippen MR) is 170 cm³/mol. The van der Waals surface area contributed by atoms with Crippen LogP contribution < -0.4 is 14.8 Å². The number of aromatic nitrogens is 1. The van der Waals surface area contributed by atoms with E-state index in [0.29, 0.717) is 17.9 Å². The number of ether oxygens (including phenoxy) is 2. The molecule has 1 amide bonds. The fourth-order valence-corrected chi connectivity index (χ4v) is 6.46. The molecule has 0 saturated heterocycles. The van der Waals surface area contributed by atoms with Gasteiger partial charge < -0.3 is 19.9 Å². The van der Waals surface area contributed by atoms with Gasteiger partial charge in [-0.3, -0.25) is 9.78 Å². The van der Waals surface area contributed by atoms with E-state index in [9.17, 15) is 9.90 Å². The first-order valence-corrected chi connectivity index (χ1v) is 15.5. The molecule has 6 nitrogen and oxygen atoms in total. The number of amides is 1. The summed E-state index contributed by atoms with van der Waals surface area (Å²) in [6.45, 7) is 4.00. The van der Waals surface area contributed by atoms with E-state index in [1.807, 2.05) is 86.6 Å². The van der Waals surface area contributed by atoms with Gasteiger partial charge >= 0.3 is 0 Å². The Morgan fingerprint density at radius 3 is 2.28 bits per heavy atom. The highest BCUT2D eigenvalue weighted by Gasteiger charge is 2.38. The molecule has 2 N–H and O–H groups in total. The predicted octanol–water partition coefficient (Wildman–Crippen LogP) is 7.13. The highest BCUT2D eigenvalue weighted by molar-refractivity contribution is 5.86. The minimum absolute atomic E-state index is 0.153. The maximum atomic E-state index is 14.4. The Labute approximate surface area is 255 Å². The normalized spacial score (nSPS) is 19.0. The fourth-order valence-electron chi connectivity index (χ4n) is 6.46. The summed E-state index contributed by atoms with van der Waals surface area (Å²) < 4.78 is 12.1. The van der Waals surface area contributed by atoms with Gasteiger partial charge in [-0.1, -0.05) is 74.5 Å². The molecule has 6 heteroatoms. The standard InChI is InChI=1S/C35H36N2O4.C2H6/c1-40-30-16-15-26(22-31(30)41-27-12-6-7-13-27)32(23-9-3-2-4-10-23)33(24-17-19-36-20-18-24)35(39)37-34-28-14-8-5-11-25(28)21-29(34)38;1-2/h2-5,8-11,14-20,22,27,29,32-34,38H,6-7,12-13,21H2,1H3,(H,37,39);1-2H3/t29-,32-,33?,34+;/m1./s1. The number of aliphatic hydroxyl groups is 1. The summed E-state index contributed by atoms with van der Waals surface area (Å²) in [5.41, 5.74) is 4.84. The topological polar surface area (TPSA) is 80.7 Å². The number of fused-ring (bicyclic) bond motifs is 1. The van der Waals surface area contributed by atoms with Crippen molar-refractivity contribution in [3.8, 4) is 11.5 Å². The van der Waals surface area contributed by atoms with E-state index >= 15 is 0 Å². The van der Waals surface area contributed by atoms with Crippen LogP contribution in [0.2, 0.25) is 0 Å². The van der Waals surface area contributed by atoms with Crippen LogP contribution in [0.25, 0.3) is 0 Å². The van der Waals surface area contributed by atoms with E-state index in [2.05, 4.69) is 22.4 Å². The molecule has 0 aliphatic heterocycles. The average molecular weight is 579 g/mol. The first kappa shape index (κ1) is 30.3. The molecule has 0 spiro atoms. The highest BCUT2D eigenvalue weighted by atomic mass is 16.5. The summed E-state index contributed by atoms with van der Waals surface area (Å²) in [6, 6.07) is 27.4. The number of benzene rings is 3.